The number of nitrogens with zero attached hydrogens (tertiary/aromatic N) is 1. The molecule has 3 atom stereocenters. The molecule has 0 aromatic heterocycles. The summed E-state index contributed by atoms with van der Waals surface area (Å²) in [6, 6.07) is 17.5. The van der Waals surface area contributed by atoms with Gasteiger partial charge in [-0.15, -0.1) is 0 Å². The number of ketones is 2. The number of hydrogen-bond acceptors (Lipinski definition) is 37. The summed E-state index contributed by atoms with van der Waals surface area (Å²) in [6.45, 7) is 5.54. The normalized spacial score (nSPS) is 13.0. The SMILES string of the molecule is CC(=O)C(CP(=O)(O)O)NC(=O)c1ccc(-c2c3ccc(=N)c(S(=O)(=O)O)c-3oc3c(S(=O)(=O)O)c(N)ccc23)c(C(=O)O)c1.CC(=O)C(CS(=O)(=O)O)NC(=O)c1ccc(-c2c3ccc(=N)c(S(=O)(=O)O)c-3oc3c(S(=O)(=O)O)c(N)ccc23)c(C(=O)O)c1.CCCCN(CCCCC(NC(=O)c1ccc(-c2c3ccc(=N)c(S(=O)(=O)O)c-3oc3c(S(=O)(=O)O)c(N)ccc23)c(C(=O)O)c1)C(=O)NN)CCCS(=O)(=O)O. The molecule has 0 saturated heterocycles. The Morgan fingerprint density at radius 1 is 0.388 bits per heavy atom. The highest BCUT2D eigenvalue weighted by Crippen LogP contribution is 2.51. The van der Waals surface area contributed by atoms with Crippen LogP contribution in [0.15, 0.2) is 170 Å². The van der Waals surface area contributed by atoms with Gasteiger partial charge in [0.25, 0.3) is 105 Å². The number of hydrazine groups is 1. The number of unbranched alkanes of at least 4 members (excludes halogenated alkanes) is 2. The lowest BCUT2D eigenvalue weighted by atomic mass is 9.89. The van der Waals surface area contributed by atoms with Gasteiger partial charge in [0.05, 0.1) is 67.8 Å². The number of nitrogens with two attached hydrogens (primary N) is 4. The molecular weight excluding hydrogens is 2140 g/mol. The molecule has 0 radical (unpaired) electrons. The Kier molecular flexibility index (Phi) is 34.2. The van der Waals surface area contributed by atoms with Crippen molar-refractivity contribution in [3.05, 3.63) is 177 Å². The lowest BCUT2D eigenvalue weighted by Gasteiger charge is -2.23. The molecule has 6 aromatic rings. The summed E-state index contributed by atoms with van der Waals surface area (Å²) in [5, 5.41) is 58.5. The second kappa shape index (κ2) is 43.8. The monoisotopic (exact) mass is 2220 g/mol. The predicted molar refractivity (Wildman–Crippen MR) is 512 cm³/mol. The largest absolute Gasteiger partial charge is 0.478 e. The molecule has 786 valence electrons. The van der Waals surface area contributed by atoms with Crippen molar-refractivity contribution in [2.24, 2.45) is 5.84 Å². The standard InChI is InChI=1S/C34H42N6O14S3.C25H22N3O14PS2.C25H21N3O14S3/c1-2-3-14-40(16-6-17-55(45,46)47)15-5-4-7-26(33(42)39-37)38-32(41)19-8-9-20(23(18-19)34(43)44)27-21-10-12-24(35)30(56(48,49)50)28(21)54-29-22(27)11-13-25(36)31(29)57(51,52)53;2*1-10(29)18(9-43(33,34)35)28-24(30)11-2-3-12(15(8-11)25(31)32)19-13-4-6-16(26)22(44(36,37)38)20(13)42-21-14(19)5-7-17(27)23(21)45(39,40)41/h8-13,18,26,35H,2-7,14-17,36-37H2,1H3,(H,38,41)(H,39,42)(H,43,44)(H,45,46,47)(H,48,49,50)(H,51,52,53);2-8,18,26H,9,27H2,1H3,(H,28,30)(H,31,32)(H2,33,34,35)(H,36,37,38)(H,39,40,41);2-8,18,26H,9,27H2,1H3,(H,28,30)(H,31,32)(H,33,34,35)(H,36,37,38)(H,39,40,41). The maximum Gasteiger partial charge on any atom is 0.336 e. The number of rotatable bonds is 37. The number of carboxylic acid groups (broad SMARTS) is 3. The molecule has 3 aliphatic carbocycles. The van der Waals surface area contributed by atoms with Crippen LogP contribution in [0.4, 0.5) is 17.1 Å². The molecule has 147 heavy (non-hydrogen) atoms. The van der Waals surface area contributed by atoms with Gasteiger partial charge in [0, 0.05) is 66.2 Å². The third-order valence-electron chi connectivity index (χ3n) is 22.0. The third kappa shape index (κ3) is 26.6. The van der Waals surface area contributed by atoms with Crippen LogP contribution in [-0.4, -0.2) is 242 Å². The highest BCUT2D eigenvalue weighted by Gasteiger charge is 2.39. The van der Waals surface area contributed by atoms with E-state index in [1.807, 2.05) is 17.2 Å². The van der Waals surface area contributed by atoms with Crippen molar-refractivity contribution in [2.75, 3.05) is 54.5 Å². The van der Waals surface area contributed by atoms with Gasteiger partial charge in [0.15, 0.2) is 75.0 Å². The fraction of sp³-hybridized carbons (Fsp3) is 0.214. The van der Waals surface area contributed by atoms with E-state index in [9.17, 15) is 167 Å². The molecule has 0 spiro atoms. The first-order valence-electron chi connectivity index (χ1n) is 41.5. The Bertz CT molecular complexity index is 8700. The molecule has 54 nitrogen and oxygen atoms in total. The lowest BCUT2D eigenvalue weighted by molar-refractivity contribution is -0.123. The van der Waals surface area contributed by atoms with Crippen molar-refractivity contribution in [3.63, 3.8) is 0 Å². The summed E-state index contributed by atoms with van der Waals surface area (Å²) in [4.78, 5) is 128. The van der Waals surface area contributed by atoms with E-state index < -0.39 is 296 Å². The highest BCUT2D eigenvalue weighted by atomic mass is 32.2. The molecule has 6 aliphatic rings. The summed E-state index contributed by atoms with van der Waals surface area (Å²) in [6.07, 6.45) is 1.97. The number of fused-ring (bicyclic) bond motifs is 6. The van der Waals surface area contributed by atoms with Gasteiger partial charge in [-0.1, -0.05) is 31.5 Å². The average Bonchev–Trinajstić information content (AvgIpc) is 0.726. The number of aromatic carboxylic acids is 3. The zero-order valence-electron chi connectivity index (χ0n) is 75.5. The second-order valence-electron chi connectivity index (χ2n) is 32.3. The number of carbonyl (C=O) groups excluding carboxylic acids is 6. The van der Waals surface area contributed by atoms with E-state index in [0.717, 1.165) is 124 Å². The molecule has 0 saturated carbocycles. The average molecular weight is 2220 g/mol. The molecule has 3 heterocycles. The molecule has 0 bridgehead atoms. The summed E-state index contributed by atoms with van der Waals surface area (Å²) in [7, 11) is -44.9. The van der Waals surface area contributed by atoms with Gasteiger partial charge in [0.2, 0.25) is 0 Å². The number of carboxylic acids is 3. The van der Waals surface area contributed by atoms with Crippen LogP contribution in [0.25, 0.3) is 100 Å². The maximum absolute atomic E-state index is 13.5. The van der Waals surface area contributed by atoms with E-state index in [-0.39, 0.29) is 90.4 Å². The topological polar surface area (TPSA) is 973 Å². The number of amides is 4. The molecule has 3 unspecified atom stereocenters. The lowest BCUT2D eigenvalue weighted by Crippen LogP contribution is -2.49. The van der Waals surface area contributed by atoms with Crippen molar-refractivity contribution < 1.29 is 190 Å². The van der Waals surface area contributed by atoms with Gasteiger partial charge in [-0.2, -0.15) is 67.3 Å². The van der Waals surface area contributed by atoms with Gasteiger partial charge in [-0.3, -0.25) is 91.4 Å². The van der Waals surface area contributed by atoms with E-state index in [1.54, 1.807) is 0 Å². The maximum atomic E-state index is 13.5. The van der Waals surface area contributed by atoms with Gasteiger partial charge < -0.3 is 76.4 Å². The van der Waals surface area contributed by atoms with Gasteiger partial charge >= 0.3 is 25.5 Å². The van der Waals surface area contributed by atoms with Crippen molar-refractivity contribution >= 4 is 192 Å². The van der Waals surface area contributed by atoms with Crippen LogP contribution in [-0.2, 0) is 99.9 Å². The Hall–Kier alpha value is -14.2. The number of benzene rings is 9. The minimum Gasteiger partial charge on any atom is -0.478 e. The number of carbonyl (C=O) groups is 9. The van der Waals surface area contributed by atoms with Crippen molar-refractivity contribution in [3.8, 4) is 67.4 Å². The predicted octanol–water partition coefficient (Wildman–Crippen LogP) is 4.45. The number of Topliss-reactive ketones (excluding diaryl/α,β-unsaturated/α-hetero) is 2. The van der Waals surface area contributed by atoms with Crippen LogP contribution < -0.4 is 60.5 Å². The molecule has 63 heteroatoms. The van der Waals surface area contributed by atoms with Crippen LogP contribution >= 0.6 is 7.60 Å². The summed E-state index contributed by atoms with van der Waals surface area (Å²) in [5.74, 6) is -9.03. The first-order chi connectivity index (χ1) is 67.8. The summed E-state index contributed by atoms with van der Waals surface area (Å²) < 4.78 is 299. The van der Waals surface area contributed by atoms with Gasteiger partial charge in [-0.05, 0) is 191 Å². The number of hydrogen-bond donors (Lipinski definition) is 24. The van der Waals surface area contributed by atoms with E-state index in [1.165, 1.54) is 30.3 Å². The molecule has 3 aliphatic heterocycles. The van der Waals surface area contributed by atoms with Crippen LogP contribution in [0.5, 0.6) is 0 Å². The molecule has 28 N–H and O–H groups in total. The number of nitrogens with one attached hydrogen (secondary N) is 7. The second-order valence-corrected chi connectivity index (χ2v) is 45.2. The Morgan fingerprint density at radius 2 is 0.680 bits per heavy atom. The quantitative estimate of drug-likeness (QED) is 0.00374. The molecule has 12 rings (SSSR count). The Labute approximate surface area is 829 Å². The minimum atomic E-state index is -5.24. The van der Waals surface area contributed by atoms with Crippen molar-refractivity contribution in [1.29, 1.82) is 16.2 Å². The fourth-order valence-corrected chi connectivity index (χ4v) is 22.1. The van der Waals surface area contributed by atoms with Gasteiger partial charge in [0.1, 0.15) is 17.8 Å². The van der Waals surface area contributed by atoms with Crippen LogP contribution in [0.2, 0.25) is 0 Å². The summed E-state index contributed by atoms with van der Waals surface area (Å²) in [5.41, 5.74) is 10.2. The fourth-order valence-electron chi connectivity index (χ4n) is 15.6. The van der Waals surface area contributed by atoms with Crippen LogP contribution in [0, 0.1) is 16.2 Å². The highest BCUT2D eigenvalue weighted by molar-refractivity contribution is 7.88. The van der Waals surface area contributed by atoms with Crippen molar-refractivity contribution in [1.82, 2.24) is 26.3 Å². The summed E-state index contributed by atoms with van der Waals surface area (Å²) >= 11 is 0. The van der Waals surface area contributed by atoms with Crippen molar-refractivity contribution in [2.45, 2.75) is 107 Å². The van der Waals surface area contributed by atoms with E-state index >= 15 is 0 Å². The van der Waals surface area contributed by atoms with E-state index in [0.29, 0.717) is 32.5 Å². The molecule has 6 aromatic carbocycles. The first-order valence-corrected chi connectivity index (χ1v) is 55.2. The van der Waals surface area contributed by atoms with E-state index in [2.05, 4.69) is 16.0 Å². The smallest absolute Gasteiger partial charge is 0.336 e. The molecule has 0 fully saturated rings. The minimum absolute atomic E-state index is 0.101. The van der Waals surface area contributed by atoms with Crippen LogP contribution in [0.1, 0.15) is 121 Å². The molecule has 4 amide bonds. The molecular formula is C84H85N12O42PS8. The van der Waals surface area contributed by atoms with E-state index in [4.69, 9.17) is 61.6 Å². The third-order valence-corrected chi connectivity index (χ3v) is 29.9. The van der Waals surface area contributed by atoms with Crippen LogP contribution in [0.3, 0.4) is 0 Å². The number of anilines is 3. The number of nitrogen functional groups attached to an aromatic ring is 3. The van der Waals surface area contributed by atoms with Gasteiger partial charge in [-0.25, -0.2) is 20.2 Å². The zero-order valence-corrected chi connectivity index (χ0v) is 82.9. The Balaban J connectivity index is 0.000000228. The zero-order chi connectivity index (χ0) is 110. The Morgan fingerprint density at radius 3 is 0.952 bits per heavy atom. The first kappa shape index (κ1) is 115.